The van der Waals surface area contributed by atoms with Crippen LogP contribution >= 0.6 is 0 Å². The van der Waals surface area contributed by atoms with Crippen molar-refractivity contribution in [2.75, 3.05) is 18.0 Å². The molecule has 0 spiro atoms. The van der Waals surface area contributed by atoms with Gasteiger partial charge in [-0.15, -0.1) is 0 Å². The van der Waals surface area contributed by atoms with Crippen molar-refractivity contribution >= 4 is 5.95 Å². The van der Waals surface area contributed by atoms with Gasteiger partial charge in [-0.25, -0.2) is 9.97 Å². The molecule has 0 saturated carbocycles. The van der Waals surface area contributed by atoms with E-state index in [4.69, 9.17) is 0 Å². The third-order valence-electron chi connectivity index (χ3n) is 5.07. The predicted molar refractivity (Wildman–Crippen MR) is 76.6 cm³/mol. The number of nitrogens with one attached hydrogen (secondary N) is 1. The highest BCUT2D eigenvalue weighted by Crippen LogP contribution is 2.40. The van der Waals surface area contributed by atoms with Gasteiger partial charge in [0, 0.05) is 43.1 Å². The molecule has 2 atom stereocenters. The van der Waals surface area contributed by atoms with Gasteiger partial charge in [0.15, 0.2) is 0 Å². The normalized spacial score (nSPS) is 36.5. The van der Waals surface area contributed by atoms with Gasteiger partial charge < -0.3 is 15.3 Å². The molecule has 4 rings (SSSR count). The molecule has 2 unspecified atom stereocenters. The number of aliphatic hydroxyl groups is 1. The van der Waals surface area contributed by atoms with E-state index >= 15 is 0 Å². The zero-order chi connectivity index (χ0) is 13.6. The predicted octanol–water partition coefficient (Wildman–Crippen LogP) is 1.18. The van der Waals surface area contributed by atoms with Crippen LogP contribution in [0.2, 0.25) is 0 Å². The molecule has 4 heterocycles. The molecule has 5 heteroatoms. The summed E-state index contributed by atoms with van der Waals surface area (Å²) in [5.74, 6) is 0.812. The van der Waals surface area contributed by atoms with Crippen molar-refractivity contribution in [3.8, 4) is 0 Å². The first-order valence-corrected chi connectivity index (χ1v) is 7.79. The highest BCUT2D eigenvalue weighted by molar-refractivity contribution is 5.32. The van der Waals surface area contributed by atoms with Crippen LogP contribution in [0.5, 0.6) is 0 Å². The van der Waals surface area contributed by atoms with E-state index in [1.807, 2.05) is 12.4 Å². The molecule has 0 aromatic carbocycles. The van der Waals surface area contributed by atoms with Crippen LogP contribution in [0.15, 0.2) is 12.4 Å². The van der Waals surface area contributed by atoms with Crippen LogP contribution in [0, 0.1) is 0 Å². The summed E-state index contributed by atoms with van der Waals surface area (Å²) >= 11 is 0. The Labute approximate surface area is 119 Å². The molecule has 2 bridgehead atoms. The molecule has 3 fully saturated rings. The summed E-state index contributed by atoms with van der Waals surface area (Å²) in [5, 5.41) is 14.5. The van der Waals surface area contributed by atoms with Crippen molar-refractivity contribution in [2.24, 2.45) is 0 Å². The molecule has 5 nitrogen and oxygen atoms in total. The van der Waals surface area contributed by atoms with Crippen molar-refractivity contribution in [2.45, 2.75) is 56.2 Å². The lowest BCUT2D eigenvalue weighted by Crippen LogP contribution is -2.46. The maximum Gasteiger partial charge on any atom is 0.225 e. The Bertz CT molecular complexity index is 471. The average molecular weight is 274 g/mol. The molecule has 20 heavy (non-hydrogen) atoms. The van der Waals surface area contributed by atoms with Crippen molar-refractivity contribution in [1.82, 2.24) is 15.3 Å². The zero-order valence-corrected chi connectivity index (χ0v) is 11.8. The Morgan fingerprint density at radius 2 is 1.70 bits per heavy atom. The number of fused-ring (bicyclic) bond motifs is 2. The third kappa shape index (κ3) is 2.09. The van der Waals surface area contributed by atoms with Crippen LogP contribution in [0.3, 0.4) is 0 Å². The summed E-state index contributed by atoms with van der Waals surface area (Å²) in [7, 11) is 0. The van der Waals surface area contributed by atoms with E-state index < -0.39 is 5.60 Å². The number of aromatic nitrogens is 2. The molecular weight excluding hydrogens is 252 g/mol. The first-order valence-electron chi connectivity index (χ1n) is 7.79. The van der Waals surface area contributed by atoms with Crippen molar-refractivity contribution < 1.29 is 5.11 Å². The summed E-state index contributed by atoms with van der Waals surface area (Å²) in [6.45, 7) is 2.11. The quantitative estimate of drug-likeness (QED) is 0.848. The van der Waals surface area contributed by atoms with Gasteiger partial charge in [0.25, 0.3) is 0 Å². The minimum Gasteiger partial charge on any atom is -0.385 e. The van der Waals surface area contributed by atoms with Gasteiger partial charge in [-0.1, -0.05) is 0 Å². The third-order valence-corrected chi connectivity index (χ3v) is 5.07. The van der Waals surface area contributed by atoms with Crippen molar-refractivity contribution in [1.29, 1.82) is 0 Å². The van der Waals surface area contributed by atoms with Crippen LogP contribution in [0.4, 0.5) is 5.95 Å². The number of hydrogen-bond donors (Lipinski definition) is 2. The molecule has 1 aromatic rings. The minimum atomic E-state index is -0.735. The van der Waals surface area contributed by atoms with Crippen LogP contribution in [0.25, 0.3) is 0 Å². The first-order chi connectivity index (χ1) is 9.73. The fourth-order valence-corrected chi connectivity index (χ4v) is 4.00. The van der Waals surface area contributed by atoms with E-state index in [9.17, 15) is 5.11 Å². The van der Waals surface area contributed by atoms with Gasteiger partial charge in [0.1, 0.15) is 0 Å². The first kappa shape index (κ1) is 12.5. The molecule has 3 aliphatic rings. The van der Waals surface area contributed by atoms with Gasteiger partial charge >= 0.3 is 0 Å². The maximum atomic E-state index is 10.9. The number of anilines is 1. The number of nitrogens with zero attached hydrogens (tertiary/aromatic N) is 3. The summed E-state index contributed by atoms with van der Waals surface area (Å²) in [5.41, 5.74) is 0.152. The van der Waals surface area contributed by atoms with Crippen LogP contribution in [-0.2, 0) is 5.60 Å². The SMILES string of the molecule is OC1(c2cnc(N3CCCC3)nc2)CC2CCC(C1)N2. The molecule has 3 aliphatic heterocycles. The topological polar surface area (TPSA) is 61.3 Å². The Hall–Kier alpha value is -1.20. The van der Waals surface area contributed by atoms with Crippen molar-refractivity contribution in [3.05, 3.63) is 18.0 Å². The van der Waals surface area contributed by atoms with Gasteiger partial charge in [-0.2, -0.15) is 0 Å². The molecule has 108 valence electrons. The lowest BCUT2D eigenvalue weighted by Gasteiger charge is -2.37. The van der Waals surface area contributed by atoms with E-state index in [2.05, 4.69) is 20.2 Å². The van der Waals surface area contributed by atoms with Crippen molar-refractivity contribution in [3.63, 3.8) is 0 Å². The summed E-state index contributed by atoms with van der Waals surface area (Å²) < 4.78 is 0. The Balaban J connectivity index is 1.55. The van der Waals surface area contributed by atoms with Crippen LogP contribution < -0.4 is 10.2 Å². The summed E-state index contributed by atoms with van der Waals surface area (Å²) in [6, 6.07) is 0.911. The highest BCUT2D eigenvalue weighted by atomic mass is 16.3. The monoisotopic (exact) mass is 274 g/mol. The molecule has 1 aromatic heterocycles. The van der Waals surface area contributed by atoms with Gasteiger partial charge in [-0.3, -0.25) is 0 Å². The van der Waals surface area contributed by atoms with Crippen LogP contribution in [0.1, 0.15) is 44.1 Å². The number of piperidine rings is 1. The molecule has 0 amide bonds. The Morgan fingerprint density at radius 1 is 1.10 bits per heavy atom. The highest BCUT2D eigenvalue weighted by Gasteiger charge is 2.43. The van der Waals surface area contributed by atoms with Crippen LogP contribution in [-0.4, -0.2) is 40.2 Å². The summed E-state index contributed by atoms with van der Waals surface area (Å²) in [4.78, 5) is 11.2. The fourth-order valence-electron chi connectivity index (χ4n) is 4.00. The summed E-state index contributed by atoms with van der Waals surface area (Å²) in [6.07, 6.45) is 10.1. The van der Waals surface area contributed by atoms with E-state index in [0.717, 1.165) is 37.4 Å². The molecule has 0 aliphatic carbocycles. The average Bonchev–Trinajstić information content (AvgIpc) is 3.09. The van der Waals surface area contributed by atoms with E-state index in [0.29, 0.717) is 12.1 Å². The largest absolute Gasteiger partial charge is 0.385 e. The lowest BCUT2D eigenvalue weighted by atomic mass is 9.83. The minimum absolute atomic E-state index is 0.456. The second-order valence-corrected chi connectivity index (χ2v) is 6.54. The fraction of sp³-hybridized carbons (Fsp3) is 0.733. The molecule has 3 saturated heterocycles. The van der Waals surface area contributed by atoms with E-state index in [-0.39, 0.29) is 0 Å². The molecular formula is C15H22N4O. The maximum absolute atomic E-state index is 10.9. The van der Waals surface area contributed by atoms with Gasteiger partial charge in [0.05, 0.1) is 5.60 Å². The molecule has 2 N–H and O–H groups in total. The van der Waals surface area contributed by atoms with E-state index in [1.165, 1.54) is 25.7 Å². The van der Waals surface area contributed by atoms with E-state index in [1.54, 1.807) is 0 Å². The molecule has 0 radical (unpaired) electrons. The van der Waals surface area contributed by atoms with Gasteiger partial charge in [-0.05, 0) is 38.5 Å². The number of rotatable bonds is 2. The Morgan fingerprint density at radius 3 is 2.30 bits per heavy atom. The van der Waals surface area contributed by atoms with Gasteiger partial charge in [0.2, 0.25) is 5.95 Å². The second-order valence-electron chi connectivity index (χ2n) is 6.54. The smallest absolute Gasteiger partial charge is 0.225 e. The zero-order valence-electron chi connectivity index (χ0n) is 11.8. The lowest BCUT2D eigenvalue weighted by molar-refractivity contribution is -0.0120. The second kappa shape index (κ2) is 4.67. The number of hydrogen-bond acceptors (Lipinski definition) is 5. The Kier molecular flexibility index (Phi) is 2.93. The standard InChI is InChI=1S/C15H22N4O/c20-15(7-12-3-4-13(8-15)18-12)11-9-16-14(17-10-11)19-5-1-2-6-19/h9-10,12-13,18,20H,1-8H2.